The summed E-state index contributed by atoms with van der Waals surface area (Å²) in [5.74, 6) is 3.39. The summed E-state index contributed by atoms with van der Waals surface area (Å²) in [5.41, 5.74) is 2.30. The number of guanidine groups is 1. The van der Waals surface area contributed by atoms with E-state index in [0.717, 1.165) is 36.0 Å². The Morgan fingerprint density at radius 1 is 1.19 bits per heavy atom. The van der Waals surface area contributed by atoms with Crippen molar-refractivity contribution in [1.82, 2.24) is 25.4 Å². The average Bonchev–Trinajstić information content (AvgIpc) is 2.93. The van der Waals surface area contributed by atoms with Crippen LogP contribution in [0.4, 0.5) is 0 Å². The maximum atomic E-state index is 5.86. The highest BCUT2D eigenvalue weighted by Crippen LogP contribution is 2.20. The third-order valence-corrected chi connectivity index (χ3v) is 3.95. The number of hydrogen-bond donors (Lipinski definition) is 2. The molecule has 0 saturated heterocycles. The van der Waals surface area contributed by atoms with Crippen LogP contribution in [0.3, 0.4) is 0 Å². The van der Waals surface area contributed by atoms with E-state index in [2.05, 4.69) is 57.9 Å². The van der Waals surface area contributed by atoms with Crippen LogP contribution in [0.2, 0.25) is 0 Å². The van der Waals surface area contributed by atoms with Crippen LogP contribution in [-0.2, 0) is 20.1 Å². The number of halogens is 1. The van der Waals surface area contributed by atoms with Gasteiger partial charge in [-0.15, -0.1) is 34.2 Å². The fraction of sp³-hybridized carbons (Fsp3) is 0.500. The van der Waals surface area contributed by atoms with E-state index in [-0.39, 0.29) is 24.0 Å². The Morgan fingerprint density at radius 3 is 2.54 bits per heavy atom. The number of ether oxygens (including phenoxy) is 1. The van der Waals surface area contributed by atoms with Crippen LogP contribution in [0.1, 0.15) is 36.1 Å². The van der Waals surface area contributed by atoms with Crippen LogP contribution < -0.4 is 15.4 Å². The van der Waals surface area contributed by atoms with E-state index in [0.29, 0.717) is 19.0 Å². The zero-order valence-corrected chi connectivity index (χ0v) is 18.5. The summed E-state index contributed by atoms with van der Waals surface area (Å²) in [6.07, 6.45) is 0.987. The normalized spacial score (nSPS) is 11.0. The quantitative estimate of drug-likeness (QED) is 0.368. The molecule has 1 aromatic heterocycles. The van der Waals surface area contributed by atoms with Gasteiger partial charge in [-0.1, -0.05) is 19.1 Å². The maximum absolute atomic E-state index is 5.86. The van der Waals surface area contributed by atoms with Crippen molar-refractivity contribution >= 4 is 29.9 Å². The number of benzene rings is 1. The zero-order valence-electron chi connectivity index (χ0n) is 16.2. The van der Waals surface area contributed by atoms with E-state index in [1.807, 2.05) is 18.5 Å². The van der Waals surface area contributed by atoms with Gasteiger partial charge in [-0.3, -0.25) is 4.99 Å². The average molecular weight is 472 g/mol. The fourth-order valence-corrected chi connectivity index (χ4v) is 2.32. The van der Waals surface area contributed by atoms with Crippen LogP contribution in [-0.4, -0.2) is 34.4 Å². The van der Waals surface area contributed by atoms with Gasteiger partial charge in [0, 0.05) is 26.2 Å². The first-order chi connectivity index (χ1) is 12.0. The molecule has 144 valence electrons. The number of nitrogens with one attached hydrogen (secondary N) is 2. The van der Waals surface area contributed by atoms with Gasteiger partial charge in [0.2, 0.25) is 0 Å². The minimum atomic E-state index is 0. The van der Waals surface area contributed by atoms with Crippen LogP contribution in [0.15, 0.2) is 23.2 Å². The smallest absolute Gasteiger partial charge is 0.191 e. The third-order valence-electron chi connectivity index (χ3n) is 3.95. The van der Waals surface area contributed by atoms with Crippen LogP contribution in [0.25, 0.3) is 0 Å². The van der Waals surface area contributed by atoms with Crippen molar-refractivity contribution in [2.45, 2.75) is 40.3 Å². The molecule has 0 bridgehead atoms. The Morgan fingerprint density at radius 2 is 1.92 bits per heavy atom. The second kappa shape index (κ2) is 11.0. The van der Waals surface area contributed by atoms with E-state index < -0.39 is 0 Å². The molecule has 8 heteroatoms. The van der Waals surface area contributed by atoms with E-state index in [4.69, 9.17) is 4.74 Å². The Balaban J connectivity index is 0.00000338. The molecule has 0 aliphatic rings. The van der Waals surface area contributed by atoms with Gasteiger partial charge in [-0.25, -0.2) is 0 Å². The van der Waals surface area contributed by atoms with Crippen LogP contribution in [0.5, 0.6) is 5.75 Å². The second-order valence-electron chi connectivity index (χ2n) is 5.96. The summed E-state index contributed by atoms with van der Waals surface area (Å²) in [6, 6.07) is 6.26. The van der Waals surface area contributed by atoms with Gasteiger partial charge in [0.25, 0.3) is 0 Å². The van der Waals surface area contributed by atoms with Gasteiger partial charge in [-0.05, 0) is 31.9 Å². The topological polar surface area (TPSA) is 76.4 Å². The molecular weight excluding hydrogens is 443 g/mol. The van der Waals surface area contributed by atoms with E-state index in [9.17, 15) is 0 Å². The second-order valence-corrected chi connectivity index (χ2v) is 5.96. The highest BCUT2D eigenvalue weighted by Gasteiger charge is 2.08. The maximum Gasteiger partial charge on any atom is 0.191 e. The van der Waals surface area contributed by atoms with Crippen molar-refractivity contribution < 1.29 is 4.74 Å². The predicted molar refractivity (Wildman–Crippen MR) is 115 cm³/mol. The molecule has 2 N–H and O–H groups in total. The molecule has 7 nitrogen and oxygen atoms in total. The largest absolute Gasteiger partial charge is 0.493 e. The van der Waals surface area contributed by atoms with E-state index >= 15 is 0 Å². The minimum absolute atomic E-state index is 0. The summed E-state index contributed by atoms with van der Waals surface area (Å²) >= 11 is 0. The number of aliphatic imine (C=N–C) groups is 1. The lowest BCUT2D eigenvalue weighted by Crippen LogP contribution is -2.37. The predicted octanol–water partition coefficient (Wildman–Crippen LogP) is 2.70. The molecular formula is C18H29IN6O. The Labute approximate surface area is 172 Å². The van der Waals surface area contributed by atoms with Crippen molar-refractivity contribution in [2.24, 2.45) is 12.0 Å². The van der Waals surface area contributed by atoms with E-state index in [1.165, 1.54) is 5.56 Å². The molecule has 0 amide bonds. The van der Waals surface area contributed by atoms with E-state index in [1.54, 1.807) is 7.05 Å². The Bertz CT molecular complexity index is 728. The highest BCUT2D eigenvalue weighted by molar-refractivity contribution is 14.0. The lowest BCUT2D eigenvalue weighted by Gasteiger charge is -2.15. The van der Waals surface area contributed by atoms with Crippen molar-refractivity contribution in [3.63, 3.8) is 0 Å². The van der Waals surface area contributed by atoms with Crippen LogP contribution >= 0.6 is 24.0 Å². The summed E-state index contributed by atoms with van der Waals surface area (Å²) in [7, 11) is 3.70. The lowest BCUT2D eigenvalue weighted by atomic mass is 10.1. The molecule has 2 aromatic rings. The zero-order chi connectivity index (χ0) is 18.2. The molecule has 0 radical (unpaired) electrons. The third kappa shape index (κ3) is 6.15. The van der Waals surface area contributed by atoms with Crippen molar-refractivity contribution in [3.8, 4) is 5.75 Å². The molecule has 2 rings (SSSR count). The number of aromatic nitrogens is 3. The Kier molecular flexibility index (Phi) is 9.39. The van der Waals surface area contributed by atoms with Gasteiger partial charge >= 0.3 is 0 Å². The first-order valence-corrected chi connectivity index (χ1v) is 8.56. The number of hydrogen-bond acceptors (Lipinski definition) is 4. The van der Waals surface area contributed by atoms with Crippen molar-refractivity contribution in [3.05, 3.63) is 41.0 Å². The summed E-state index contributed by atoms with van der Waals surface area (Å²) < 4.78 is 7.81. The molecule has 0 unspecified atom stereocenters. The molecule has 0 aliphatic heterocycles. The molecule has 0 atom stereocenters. The molecule has 0 spiro atoms. The summed E-state index contributed by atoms with van der Waals surface area (Å²) in [6.45, 7) is 8.02. The standard InChI is InChI=1S/C18H28N6O.HI/c1-6-9-25-16-10-13(2)7-8-15(16)11-20-18(19-4)21-12-17-23-22-14(3)24(17)5;/h7-8,10H,6,9,11-12H2,1-5H3,(H2,19,20,21);1H. The number of aryl methyl sites for hydroxylation is 2. The van der Waals surface area contributed by atoms with Crippen molar-refractivity contribution in [2.75, 3.05) is 13.7 Å². The number of rotatable bonds is 7. The molecule has 26 heavy (non-hydrogen) atoms. The van der Waals surface area contributed by atoms with Gasteiger partial charge in [0.15, 0.2) is 11.8 Å². The Hall–Kier alpha value is -1.84. The van der Waals surface area contributed by atoms with Gasteiger partial charge in [-0.2, -0.15) is 0 Å². The van der Waals surface area contributed by atoms with Gasteiger partial charge < -0.3 is 19.9 Å². The first-order valence-electron chi connectivity index (χ1n) is 8.56. The summed E-state index contributed by atoms with van der Waals surface area (Å²) in [5, 5.41) is 14.8. The molecule has 1 heterocycles. The molecule has 0 fully saturated rings. The SMILES string of the molecule is CCCOc1cc(C)ccc1CNC(=NC)NCc1nnc(C)n1C.I. The van der Waals surface area contributed by atoms with Crippen molar-refractivity contribution in [1.29, 1.82) is 0 Å². The monoisotopic (exact) mass is 472 g/mol. The fourth-order valence-electron chi connectivity index (χ4n) is 2.32. The molecule has 0 aliphatic carbocycles. The molecule has 1 aromatic carbocycles. The highest BCUT2D eigenvalue weighted by atomic mass is 127. The first kappa shape index (κ1) is 22.2. The summed E-state index contributed by atoms with van der Waals surface area (Å²) in [4.78, 5) is 4.26. The number of nitrogens with zero attached hydrogens (tertiary/aromatic N) is 4. The lowest BCUT2D eigenvalue weighted by molar-refractivity contribution is 0.313. The van der Waals surface area contributed by atoms with Gasteiger partial charge in [0.1, 0.15) is 11.6 Å². The molecule has 0 saturated carbocycles. The van der Waals surface area contributed by atoms with Gasteiger partial charge in [0.05, 0.1) is 13.2 Å². The van der Waals surface area contributed by atoms with Crippen LogP contribution in [0, 0.1) is 13.8 Å². The minimum Gasteiger partial charge on any atom is -0.493 e.